The largest absolute Gasteiger partial charge is 0.314 e. The van der Waals surface area contributed by atoms with Gasteiger partial charge in [-0.05, 0) is 50.1 Å². The molecule has 0 spiro atoms. The lowest BCUT2D eigenvalue weighted by Gasteiger charge is -2.12. The van der Waals surface area contributed by atoms with E-state index in [4.69, 9.17) is 0 Å². The summed E-state index contributed by atoms with van der Waals surface area (Å²) in [5, 5.41) is 3.77. The van der Waals surface area contributed by atoms with Gasteiger partial charge in [-0.25, -0.2) is 0 Å². The third-order valence-corrected chi connectivity index (χ3v) is 5.53. The van der Waals surface area contributed by atoms with E-state index in [9.17, 15) is 4.21 Å². The highest BCUT2D eigenvalue weighted by atomic mass is 79.9. The first-order valence-corrected chi connectivity index (χ1v) is 8.11. The molecule has 1 aliphatic rings. The van der Waals surface area contributed by atoms with Crippen molar-refractivity contribution in [2.24, 2.45) is 0 Å². The minimum absolute atomic E-state index is 0.320. The molecule has 4 heteroatoms. The Labute approximate surface area is 114 Å². The molecule has 1 fully saturated rings. The number of nitrogens with one attached hydrogen (secondary N) is 1. The monoisotopic (exact) mass is 315 g/mol. The maximum absolute atomic E-state index is 12.4. The number of benzene rings is 1. The summed E-state index contributed by atoms with van der Waals surface area (Å²) in [7, 11) is -0.852. The molecule has 1 N–H and O–H groups in total. The molecule has 3 unspecified atom stereocenters. The Morgan fingerprint density at radius 1 is 1.35 bits per heavy atom. The molecule has 1 aromatic carbocycles. The zero-order valence-corrected chi connectivity index (χ0v) is 12.4. The quantitative estimate of drug-likeness (QED) is 0.925. The Bertz CT molecular complexity index is 393. The van der Waals surface area contributed by atoms with E-state index in [1.807, 2.05) is 24.3 Å². The highest BCUT2D eigenvalue weighted by Gasteiger charge is 2.28. The molecule has 1 aliphatic carbocycles. The van der Waals surface area contributed by atoms with Crippen LogP contribution in [0.25, 0.3) is 0 Å². The maximum atomic E-state index is 12.4. The van der Waals surface area contributed by atoms with Crippen LogP contribution in [0.5, 0.6) is 0 Å². The summed E-state index contributed by atoms with van der Waals surface area (Å²) < 4.78 is 13.4. The number of halogens is 1. The lowest BCUT2D eigenvalue weighted by molar-refractivity contribution is 0.542. The van der Waals surface area contributed by atoms with Gasteiger partial charge in [-0.3, -0.25) is 4.21 Å². The molecule has 94 valence electrons. The molecule has 0 saturated heterocycles. The number of rotatable bonds is 4. The Balaban J connectivity index is 1.99. The van der Waals surface area contributed by atoms with E-state index in [0.717, 1.165) is 35.2 Å². The normalized spacial score (nSPS) is 26.0. The molecule has 2 nitrogen and oxygen atoms in total. The van der Waals surface area contributed by atoms with Crippen molar-refractivity contribution in [1.82, 2.24) is 5.32 Å². The fraction of sp³-hybridized carbons (Fsp3) is 0.538. The van der Waals surface area contributed by atoms with E-state index in [-0.39, 0.29) is 0 Å². The second-order valence-electron chi connectivity index (χ2n) is 4.44. The predicted octanol–water partition coefficient (Wildman–Crippen LogP) is 3.09. The van der Waals surface area contributed by atoms with E-state index in [2.05, 4.69) is 28.2 Å². The fourth-order valence-corrected chi connectivity index (χ4v) is 4.18. The second kappa shape index (κ2) is 6.12. The Kier molecular flexibility index (Phi) is 4.77. The van der Waals surface area contributed by atoms with Crippen molar-refractivity contribution >= 4 is 26.7 Å². The lowest BCUT2D eigenvalue weighted by Crippen LogP contribution is -2.27. The molecule has 0 radical (unpaired) electrons. The van der Waals surface area contributed by atoms with Crippen LogP contribution >= 0.6 is 15.9 Å². The van der Waals surface area contributed by atoms with Crippen LogP contribution in [0.1, 0.15) is 26.2 Å². The third-order valence-electron chi connectivity index (χ3n) is 3.23. The molecule has 1 aromatic rings. The summed E-state index contributed by atoms with van der Waals surface area (Å²) in [5.41, 5.74) is 0. The second-order valence-corrected chi connectivity index (χ2v) is 7.09. The van der Waals surface area contributed by atoms with Gasteiger partial charge in [0.15, 0.2) is 0 Å². The van der Waals surface area contributed by atoms with Crippen LogP contribution in [0.2, 0.25) is 0 Å². The molecular weight excluding hydrogens is 298 g/mol. The lowest BCUT2D eigenvalue weighted by atomic mass is 10.2. The first-order chi connectivity index (χ1) is 8.20. The molecule has 2 rings (SSSR count). The smallest absolute Gasteiger partial charge is 0.0561 e. The van der Waals surface area contributed by atoms with E-state index in [1.54, 1.807) is 0 Å². The molecule has 0 amide bonds. The van der Waals surface area contributed by atoms with Gasteiger partial charge >= 0.3 is 0 Å². The van der Waals surface area contributed by atoms with Crippen molar-refractivity contribution < 1.29 is 4.21 Å². The predicted molar refractivity (Wildman–Crippen MR) is 75.7 cm³/mol. The highest BCUT2D eigenvalue weighted by molar-refractivity contribution is 9.10. The summed E-state index contributed by atoms with van der Waals surface area (Å²) in [6.45, 7) is 3.13. The van der Waals surface area contributed by atoms with Crippen molar-refractivity contribution in [1.29, 1.82) is 0 Å². The first-order valence-electron chi connectivity index (χ1n) is 6.10. The highest BCUT2D eigenvalue weighted by Crippen LogP contribution is 2.27. The molecule has 0 heterocycles. The van der Waals surface area contributed by atoms with Gasteiger partial charge < -0.3 is 5.32 Å². The summed E-state index contributed by atoms with van der Waals surface area (Å²) in [6.07, 6.45) is 3.26. The van der Waals surface area contributed by atoms with Gasteiger partial charge in [0.1, 0.15) is 0 Å². The summed E-state index contributed by atoms with van der Waals surface area (Å²) >= 11 is 3.40. The topological polar surface area (TPSA) is 29.1 Å². The molecular formula is C13H18BrNOS. The average molecular weight is 316 g/mol. The van der Waals surface area contributed by atoms with Crippen molar-refractivity contribution in [2.45, 2.75) is 42.4 Å². The van der Waals surface area contributed by atoms with Gasteiger partial charge in [0.2, 0.25) is 0 Å². The van der Waals surface area contributed by atoms with Gasteiger partial charge in [0.05, 0.1) is 10.8 Å². The number of hydrogen-bond acceptors (Lipinski definition) is 2. The molecule has 1 saturated carbocycles. The zero-order chi connectivity index (χ0) is 12.3. The van der Waals surface area contributed by atoms with E-state index in [1.165, 1.54) is 0 Å². The minimum Gasteiger partial charge on any atom is -0.314 e. The van der Waals surface area contributed by atoms with Crippen LogP contribution in [0.4, 0.5) is 0 Å². The third kappa shape index (κ3) is 3.39. The van der Waals surface area contributed by atoms with E-state index >= 15 is 0 Å². The minimum atomic E-state index is -0.852. The summed E-state index contributed by atoms with van der Waals surface area (Å²) in [6, 6.07) is 8.40. The summed E-state index contributed by atoms with van der Waals surface area (Å²) in [5.74, 6) is 0. The first kappa shape index (κ1) is 13.2. The average Bonchev–Trinajstić information content (AvgIpc) is 2.78. The van der Waals surface area contributed by atoms with E-state index < -0.39 is 10.8 Å². The van der Waals surface area contributed by atoms with Gasteiger partial charge in [0, 0.05) is 20.7 Å². The Hall–Kier alpha value is -0.190. The molecule has 0 aromatic heterocycles. The maximum Gasteiger partial charge on any atom is 0.0561 e. The molecule has 17 heavy (non-hydrogen) atoms. The van der Waals surface area contributed by atoms with Gasteiger partial charge in [-0.15, -0.1) is 0 Å². The van der Waals surface area contributed by atoms with Crippen molar-refractivity contribution in [3.8, 4) is 0 Å². The van der Waals surface area contributed by atoms with Crippen LogP contribution in [0.3, 0.4) is 0 Å². The van der Waals surface area contributed by atoms with Crippen LogP contribution in [-0.4, -0.2) is 22.0 Å². The Morgan fingerprint density at radius 2 is 2.06 bits per heavy atom. The van der Waals surface area contributed by atoms with Gasteiger partial charge in [-0.2, -0.15) is 0 Å². The summed E-state index contributed by atoms with van der Waals surface area (Å²) in [4.78, 5) is 0.954. The standard InChI is InChI=1S/C13H18BrNOS/c1-2-15-11-5-8-13(9-11)17(16)12-6-3-10(14)4-7-12/h3-4,6-7,11,13,15H,2,5,8-9H2,1H3. The molecule has 3 atom stereocenters. The van der Waals surface area contributed by atoms with Crippen molar-refractivity contribution in [3.05, 3.63) is 28.7 Å². The van der Waals surface area contributed by atoms with Crippen LogP contribution in [-0.2, 0) is 10.8 Å². The van der Waals surface area contributed by atoms with E-state index in [0.29, 0.717) is 11.3 Å². The number of hydrogen-bond donors (Lipinski definition) is 1. The van der Waals surface area contributed by atoms with Gasteiger partial charge in [0.25, 0.3) is 0 Å². The van der Waals surface area contributed by atoms with Crippen LogP contribution in [0.15, 0.2) is 33.6 Å². The SMILES string of the molecule is CCNC1CCC(S(=O)c2ccc(Br)cc2)C1. The van der Waals surface area contributed by atoms with Crippen LogP contribution in [0, 0.1) is 0 Å². The van der Waals surface area contributed by atoms with Crippen LogP contribution < -0.4 is 5.32 Å². The molecule has 0 bridgehead atoms. The fourth-order valence-electron chi connectivity index (χ4n) is 2.37. The molecule has 0 aliphatic heterocycles. The Morgan fingerprint density at radius 3 is 2.71 bits per heavy atom. The van der Waals surface area contributed by atoms with Crippen molar-refractivity contribution in [2.75, 3.05) is 6.54 Å². The zero-order valence-electron chi connectivity index (χ0n) is 9.99. The van der Waals surface area contributed by atoms with Gasteiger partial charge in [-0.1, -0.05) is 22.9 Å². The van der Waals surface area contributed by atoms with Crippen molar-refractivity contribution in [3.63, 3.8) is 0 Å².